The molecule has 2 amide bonds. The number of hydrogen-bond acceptors (Lipinski definition) is 4. The first-order valence-electron chi connectivity index (χ1n) is 6.61. The van der Waals surface area contributed by atoms with E-state index in [4.69, 9.17) is 5.73 Å². The van der Waals surface area contributed by atoms with Gasteiger partial charge in [0.05, 0.1) is 5.71 Å². The normalized spacial score (nSPS) is 19.6. The smallest absolute Gasteiger partial charge is 0.332 e. The molecule has 1 fully saturated rings. The maximum absolute atomic E-state index is 10.9. The van der Waals surface area contributed by atoms with E-state index in [-0.39, 0.29) is 0 Å². The molecule has 108 valence electrons. The Morgan fingerprint density at radius 3 is 2.50 bits per heavy atom. The number of carbonyl (C=O) groups is 1. The fraction of sp³-hybridized carbons (Fsp3) is 0.429. The molecule has 4 N–H and O–H groups in total. The lowest BCUT2D eigenvalue weighted by atomic mass is 9.83. The first-order chi connectivity index (χ1) is 9.51. The summed E-state index contributed by atoms with van der Waals surface area (Å²) in [5, 5.41) is 14.9. The second-order valence-corrected chi connectivity index (χ2v) is 5.14. The van der Waals surface area contributed by atoms with Gasteiger partial charge in [0.1, 0.15) is 5.60 Å². The van der Waals surface area contributed by atoms with Crippen LogP contribution in [0.25, 0.3) is 0 Å². The molecular weight excluding hydrogens is 256 g/mol. The molecule has 0 atom stereocenters. The molecule has 0 spiro atoms. The molecular formula is C14H20N4O2. The van der Waals surface area contributed by atoms with Gasteiger partial charge in [0.25, 0.3) is 0 Å². The fourth-order valence-corrected chi connectivity index (χ4v) is 2.37. The lowest BCUT2D eigenvalue weighted by Gasteiger charge is -2.37. The Hall–Kier alpha value is -1.92. The Balaban J connectivity index is 2.31. The molecule has 1 heterocycles. The third-order valence-corrected chi connectivity index (χ3v) is 3.58. The zero-order chi connectivity index (χ0) is 14.6. The van der Waals surface area contributed by atoms with E-state index in [1.807, 2.05) is 37.4 Å². The molecule has 6 heteroatoms. The molecule has 1 aliphatic rings. The van der Waals surface area contributed by atoms with Crippen LogP contribution in [-0.2, 0) is 0 Å². The summed E-state index contributed by atoms with van der Waals surface area (Å²) in [6, 6.07) is 8.60. The van der Waals surface area contributed by atoms with E-state index in [0.29, 0.717) is 18.6 Å². The average molecular weight is 276 g/mol. The molecule has 6 nitrogen and oxygen atoms in total. The van der Waals surface area contributed by atoms with Gasteiger partial charge in [-0.25, -0.2) is 10.2 Å². The van der Waals surface area contributed by atoms with E-state index in [2.05, 4.69) is 15.4 Å². The number of hydrazone groups is 1. The van der Waals surface area contributed by atoms with Crippen LogP contribution in [0, 0.1) is 0 Å². The molecule has 1 aromatic rings. The highest BCUT2D eigenvalue weighted by atomic mass is 16.3. The molecule has 20 heavy (non-hydrogen) atoms. The molecule has 0 aliphatic carbocycles. The van der Waals surface area contributed by atoms with Gasteiger partial charge in [0, 0.05) is 18.7 Å². The minimum atomic E-state index is -1.05. The SMILES string of the molecule is CN1CCC(O)(C(=NNC(N)=O)c2ccccc2)CC1. The topological polar surface area (TPSA) is 90.9 Å². The monoisotopic (exact) mass is 276 g/mol. The summed E-state index contributed by atoms with van der Waals surface area (Å²) < 4.78 is 0. The van der Waals surface area contributed by atoms with Crippen LogP contribution in [0.5, 0.6) is 0 Å². The van der Waals surface area contributed by atoms with Gasteiger partial charge in [0.2, 0.25) is 0 Å². The number of nitrogens with one attached hydrogen (secondary N) is 1. The van der Waals surface area contributed by atoms with Crippen LogP contribution in [0.3, 0.4) is 0 Å². The third-order valence-electron chi connectivity index (χ3n) is 3.58. The van der Waals surface area contributed by atoms with Crippen LogP contribution in [0.4, 0.5) is 4.79 Å². The zero-order valence-corrected chi connectivity index (χ0v) is 11.5. The summed E-state index contributed by atoms with van der Waals surface area (Å²) in [6.07, 6.45) is 1.13. The van der Waals surface area contributed by atoms with E-state index in [9.17, 15) is 9.90 Å². The van der Waals surface area contributed by atoms with Crippen LogP contribution >= 0.6 is 0 Å². The number of amides is 2. The summed E-state index contributed by atoms with van der Waals surface area (Å²) in [5.41, 5.74) is 7.50. The Morgan fingerprint density at radius 1 is 1.35 bits per heavy atom. The van der Waals surface area contributed by atoms with Crippen molar-refractivity contribution >= 4 is 11.7 Å². The molecule has 0 bridgehead atoms. The van der Waals surface area contributed by atoms with Crippen molar-refractivity contribution in [3.05, 3.63) is 35.9 Å². The minimum Gasteiger partial charge on any atom is -0.383 e. The van der Waals surface area contributed by atoms with Crippen molar-refractivity contribution in [1.29, 1.82) is 0 Å². The predicted molar refractivity (Wildman–Crippen MR) is 77.4 cm³/mol. The van der Waals surface area contributed by atoms with Gasteiger partial charge in [-0.15, -0.1) is 0 Å². The van der Waals surface area contributed by atoms with Gasteiger partial charge in [-0.3, -0.25) is 0 Å². The van der Waals surface area contributed by atoms with Crippen molar-refractivity contribution in [2.75, 3.05) is 20.1 Å². The number of piperidine rings is 1. The number of primary amides is 1. The number of nitrogens with two attached hydrogens (primary N) is 1. The van der Waals surface area contributed by atoms with E-state index in [1.54, 1.807) is 0 Å². The van der Waals surface area contributed by atoms with Crippen molar-refractivity contribution in [2.45, 2.75) is 18.4 Å². The van der Waals surface area contributed by atoms with Crippen LogP contribution in [-0.4, -0.2) is 47.5 Å². The number of nitrogens with zero attached hydrogens (tertiary/aromatic N) is 2. The van der Waals surface area contributed by atoms with E-state index in [1.165, 1.54) is 0 Å². The van der Waals surface area contributed by atoms with Crippen molar-refractivity contribution in [3.8, 4) is 0 Å². The number of hydrogen-bond donors (Lipinski definition) is 3. The van der Waals surface area contributed by atoms with Crippen molar-refractivity contribution < 1.29 is 9.90 Å². The number of rotatable bonds is 3. The summed E-state index contributed by atoms with van der Waals surface area (Å²) in [5.74, 6) is 0. The van der Waals surface area contributed by atoms with E-state index >= 15 is 0 Å². The summed E-state index contributed by atoms with van der Waals surface area (Å²) in [4.78, 5) is 13.0. The highest BCUT2D eigenvalue weighted by Gasteiger charge is 2.37. The second-order valence-electron chi connectivity index (χ2n) is 5.14. The van der Waals surface area contributed by atoms with Gasteiger partial charge in [-0.05, 0) is 19.9 Å². The highest BCUT2D eigenvalue weighted by Crippen LogP contribution is 2.26. The number of carbonyl (C=O) groups excluding carboxylic acids is 1. The van der Waals surface area contributed by atoms with Crippen LogP contribution < -0.4 is 11.2 Å². The summed E-state index contributed by atoms with van der Waals surface area (Å²) in [7, 11) is 2.01. The molecule has 1 saturated heterocycles. The first-order valence-corrected chi connectivity index (χ1v) is 6.61. The number of aliphatic hydroxyl groups is 1. The Bertz CT molecular complexity index is 493. The molecule has 0 saturated carbocycles. The second kappa shape index (κ2) is 6.02. The standard InChI is InChI=1S/C14H20N4O2/c1-18-9-7-14(20,8-10-18)12(16-17-13(15)19)11-5-3-2-4-6-11/h2-6,20H,7-10H2,1H3,(H3,15,17,19). The molecule has 2 rings (SSSR count). The predicted octanol–water partition coefficient (Wildman–Crippen LogP) is 0.516. The molecule has 1 aliphatic heterocycles. The van der Waals surface area contributed by atoms with Crippen LogP contribution in [0.2, 0.25) is 0 Å². The minimum absolute atomic E-state index is 0.463. The third kappa shape index (κ3) is 3.34. The lowest BCUT2D eigenvalue weighted by molar-refractivity contribution is 0.0438. The van der Waals surface area contributed by atoms with Gasteiger partial charge >= 0.3 is 6.03 Å². The van der Waals surface area contributed by atoms with Gasteiger partial charge in [-0.1, -0.05) is 30.3 Å². The number of urea groups is 1. The number of likely N-dealkylation sites (tertiary alicyclic amines) is 1. The Morgan fingerprint density at radius 2 is 1.95 bits per heavy atom. The van der Waals surface area contributed by atoms with E-state index in [0.717, 1.165) is 18.7 Å². The van der Waals surface area contributed by atoms with E-state index < -0.39 is 11.6 Å². The Kier molecular flexibility index (Phi) is 4.36. The largest absolute Gasteiger partial charge is 0.383 e. The molecule has 0 radical (unpaired) electrons. The van der Waals surface area contributed by atoms with Gasteiger partial charge in [0.15, 0.2) is 0 Å². The molecule has 0 unspecified atom stereocenters. The number of benzene rings is 1. The lowest BCUT2D eigenvalue weighted by Crippen LogP contribution is -2.49. The van der Waals surface area contributed by atoms with Crippen molar-refractivity contribution in [3.63, 3.8) is 0 Å². The average Bonchev–Trinajstić information content (AvgIpc) is 2.43. The van der Waals surface area contributed by atoms with Crippen molar-refractivity contribution in [1.82, 2.24) is 10.3 Å². The molecule has 0 aromatic heterocycles. The highest BCUT2D eigenvalue weighted by molar-refractivity contribution is 6.06. The van der Waals surface area contributed by atoms with Gasteiger partial charge in [-0.2, -0.15) is 5.10 Å². The summed E-state index contributed by atoms with van der Waals surface area (Å²) in [6.45, 7) is 1.55. The zero-order valence-electron chi connectivity index (χ0n) is 11.5. The van der Waals surface area contributed by atoms with Crippen LogP contribution in [0.15, 0.2) is 35.4 Å². The Labute approximate surface area is 118 Å². The van der Waals surface area contributed by atoms with Gasteiger partial charge < -0.3 is 15.7 Å². The summed E-state index contributed by atoms with van der Waals surface area (Å²) >= 11 is 0. The van der Waals surface area contributed by atoms with Crippen LogP contribution in [0.1, 0.15) is 18.4 Å². The fourth-order valence-electron chi connectivity index (χ4n) is 2.37. The maximum Gasteiger partial charge on any atom is 0.332 e. The molecule has 1 aromatic carbocycles. The first kappa shape index (κ1) is 14.5. The maximum atomic E-state index is 10.9. The van der Waals surface area contributed by atoms with Crippen molar-refractivity contribution in [2.24, 2.45) is 10.8 Å². The quantitative estimate of drug-likeness (QED) is 0.555.